The Morgan fingerprint density at radius 2 is 1.64 bits per heavy atom. The fraction of sp³-hybridized carbons (Fsp3) is 0.238. The Labute approximate surface area is 170 Å². The van der Waals surface area contributed by atoms with Crippen molar-refractivity contribution in [1.29, 1.82) is 0 Å². The van der Waals surface area contributed by atoms with Gasteiger partial charge in [0.1, 0.15) is 11.3 Å². The van der Waals surface area contributed by atoms with Crippen LogP contribution in [0.1, 0.15) is 20.9 Å². The smallest absolute Gasteiger partial charge is 0.289 e. The van der Waals surface area contributed by atoms with E-state index in [9.17, 15) is 9.59 Å². The van der Waals surface area contributed by atoms with Gasteiger partial charge in [-0.25, -0.2) is 0 Å². The van der Waals surface area contributed by atoms with Crippen LogP contribution in [0, 0.1) is 0 Å². The lowest BCUT2D eigenvalue weighted by Gasteiger charge is -2.34. The van der Waals surface area contributed by atoms with E-state index >= 15 is 0 Å². The minimum Gasteiger partial charge on any atom is -0.497 e. The SMILES string of the molecule is COc1cccc(C(=O)N2CCN(C(=O)c3cc4cccc(Br)c4o3)CC2)c1. The monoisotopic (exact) mass is 442 g/mol. The Bertz CT molecular complexity index is 1040. The number of furan rings is 1. The second kappa shape index (κ2) is 7.67. The molecule has 2 heterocycles. The Morgan fingerprint density at radius 3 is 2.32 bits per heavy atom. The van der Waals surface area contributed by atoms with Gasteiger partial charge in [-0.3, -0.25) is 9.59 Å². The van der Waals surface area contributed by atoms with Gasteiger partial charge in [0.05, 0.1) is 11.6 Å². The molecule has 1 saturated heterocycles. The van der Waals surface area contributed by atoms with Crippen molar-refractivity contribution in [2.45, 2.75) is 0 Å². The Balaban J connectivity index is 1.43. The van der Waals surface area contributed by atoms with Crippen molar-refractivity contribution < 1.29 is 18.7 Å². The first-order valence-electron chi connectivity index (χ1n) is 8.97. The van der Waals surface area contributed by atoms with Crippen LogP contribution in [-0.4, -0.2) is 54.9 Å². The van der Waals surface area contributed by atoms with Crippen LogP contribution < -0.4 is 4.74 Å². The maximum Gasteiger partial charge on any atom is 0.289 e. The molecule has 2 amide bonds. The topological polar surface area (TPSA) is 63.0 Å². The van der Waals surface area contributed by atoms with E-state index in [0.717, 1.165) is 9.86 Å². The molecule has 0 radical (unpaired) electrons. The van der Waals surface area contributed by atoms with Crippen molar-refractivity contribution in [2.75, 3.05) is 33.3 Å². The molecule has 1 aromatic heterocycles. The van der Waals surface area contributed by atoms with Crippen molar-refractivity contribution in [1.82, 2.24) is 9.80 Å². The molecular weight excluding hydrogens is 424 g/mol. The van der Waals surface area contributed by atoms with Crippen molar-refractivity contribution in [3.8, 4) is 5.75 Å². The number of fused-ring (bicyclic) bond motifs is 1. The van der Waals surface area contributed by atoms with Gasteiger partial charge in [0.2, 0.25) is 0 Å². The molecule has 0 saturated carbocycles. The zero-order chi connectivity index (χ0) is 19.7. The van der Waals surface area contributed by atoms with Gasteiger partial charge in [0.15, 0.2) is 5.76 Å². The van der Waals surface area contributed by atoms with Crippen LogP contribution in [0.15, 0.2) is 57.4 Å². The van der Waals surface area contributed by atoms with Crippen LogP contribution in [0.2, 0.25) is 0 Å². The highest BCUT2D eigenvalue weighted by atomic mass is 79.9. The van der Waals surface area contributed by atoms with E-state index in [2.05, 4.69) is 15.9 Å². The number of hydrogen-bond acceptors (Lipinski definition) is 4. The third-order valence-electron chi connectivity index (χ3n) is 4.88. The number of piperazine rings is 1. The number of carbonyl (C=O) groups is 2. The van der Waals surface area contributed by atoms with E-state index in [0.29, 0.717) is 48.8 Å². The van der Waals surface area contributed by atoms with Gasteiger partial charge in [-0.2, -0.15) is 0 Å². The number of carbonyl (C=O) groups excluding carboxylic acids is 2. The molecule has 0 N–H and O–H groups in total. The first-order valence-corrected chi connectivity index (χ1v) is 9.77. The minimum absolute atomic E-state index is 0.0568. The van der Waals surface area contributed by atoms with Crippen LogP contribution in [0.5, 0.6) is 5.75 Å². The summed E-state index contributed by atoms with van der Waals surface area (Å²) in [4.78, 5) is 29.0. The molecule has 2 aromatic carbocycles. The van der Waals surface area contributed by atoms with Gasteiger partial charge >= 0.3 is 0 Å². The highest BCUT2D eigenvalue weighted by molar-refractivity contribution is 9.10. The summed E-state index contributed by atoms with van der Waals surface area (Å²) in [5.41, 5.74) is 1.25. The van der Waals surface area contributed by atoms with Gasteiger partial charge in [-0.15, -0.1) is 0 Å². The number of rotatable bonds is 3. The molecule has 7 heteroatoms. The highest BCUT2D eigenvalue weighted by Crippen LogP contribution is 2.27. The maximum atomic E-state index is 12.8. The van der Waals surface area contributed by atoms with Crippen LogP contribution in [-0.2, 0) is 0 Å². The average Bonchev–Trinajstić information content (AvgIpc) is 3.18. The zero-order valence-electron chi connectivity index (χ0n) is 15.4. The summed E-state index contributed by atoms with van der Waals surface area (Å²) in [6.45, 7) is 1.89. The lowest BCUT2D eigenvalue weighted by atomic mass is 10.1. The fourth-order valence-electron chi connectivity index (χ4n) is 3.34. The minimum atomic E-state index is -0.156. The summed E-state index contributed by atoms with van der Waals surface area (Å²) >= 11 is 3.44. The Morgan fingerprint density at radius 1 is 0.964 bits per heavy atom. The molecule has 6 nitrogen and oxygen atoms in total. The Kier molecular flexibility index (Phi) is 5.09. The summed E-state index contributed by atoms with van der Waals surface area (Å²) in [6, 6.07) is 14.6. The van der Waals surface area contributed by atoms with E-state index in [1.165, 1.54) is 0 Å². The molecule has 1 fully saturated rings. The first kappa shape index (κ1) is 18.6. The van der Waals surface area contributed by atoms with Crippen molar-refractivity contribution in [2.24, 2.45) is 0 Å². The molecular formula is C21H19BrN2O4. The second-order valence-corrected chi connectivity index (χ2v) is 7.44. The van der Waals surface area contributed by atoms with E-state index < -0.39 is 0 Å². The summed E-state index contributed by atoms with van der Waals surface area (Å²) in [7, 11) is 1.57. The predicted octanol–water partition coefficient (Wildman–Crippen LogP) is 3.80. The molecule has 3 aromatic rings. The summed E-state index contributed by atoms with van der Waals surface area (Å²) in [6.07, 6.45) is 0. The molecule has 0 unspecified atom stereocenters. The van der Waals surface area contributed by atoms with Gasteiger partial charge in [-0.1, -0.05) is 18.2 Å². The van der Waals surface area contributed by atoms with E-state index in [4.69, 9.17) is 9.15 Å². The third-order valence-corrected chi connectivity index (χ3v) is 5.50. The quantitative estimate of drug-likeness (QED) is 0.618. The lowest BCUT2D eigenvalue weighted by molar-refractivity contribution is 0.0519. The number of amides is 2. The largest absolute Gasteiger partial charge is 0.497 e. The van der Waals surface area contributed by atoms with Crippen LogP contribution in [0.25, 0.3) is 11.0 Å². The number of methoxy groups -OCH3 is 1. The molecule has 144 valence electrons. The summed E-state index contributed by atoms with van der Waals surface area (Å²) in [5.74, 6) is 0.750. The lowest BCUT2D eigenvalue weighted by Crippen LogP contribution is -2.50. The normalized spacial score (nSPS) is 14.4. The molecule has 1 aliphatic rings. The average molecular weight is 443 g/mol. The van der Waals surface area contributed by atoms with Gasteiger partial charge in [0, 0.05) is 37.1 Å². The van der Waals surface area contributed by atoms with Gasteiger partial charge in [-0.05, 0) is 46.3 Å². The van der Waals surface area contributed by atoms with Crippen LogP contribution in [0.3, 0.4) is 0 Å². The van der Waals surface area contributed by atoms with Crippen molar-refractivity contribution >= 4 is 38.7 Å². The number of nitrogens with zero attached hydrogens (tertiary/aromatic N) is 2. The fourth-order valence-corrected chi connectivity index (χ4v) is 3.80. The summed E-state index contributed by atoms with van der Waals surface area (Å²) in [5, 5.41) is 0.879. The molecule has 0 aliphatic carbocycles. The van der Waals surface area contributed by atoms with Crippen LogP contribution in [0.4, 0.5) is 0 Å². The molecule has 0 atom stereocenters. The van der Waals surface area contributed by atoms with Crippen LogP contribution >= 0.6 is 15.9 Å². The number of hydrogen-bond donors (Lipinski definition) is 0. The molecule has 28 heavy (non-hydrogen) atoms. The van der Waals surface area contributed by atoms with E-state index in [1.807, 2.05) is 18.2 Å². The van der Waals surface area contributed by atoms with Crippen molar-refractivity contribution in [3.63, 3.8) is 0 Å². The number of para-hydroxylation sites is 1. The molecule has 1 aliphatic heterocycles. The standard InChI is InChI=1S/C21H19BrN2O4/c1-27-16-6-2-5-15(12-16)20(25)23-8-10-24(11-9-23)21(26)18-13-14-4-3-7-17(22)19(14)28-18/h2-7,12-13H,8-11H2,1H3. The molecule has 4 rings (SSSR count). The van der Waals surface area contributed by atoms with Gasteiger partial charge in [0.25, 0.3) is 11.8 Å². The number of benzene rings is 2. The Hall–Kier alpha value is -2.80. The first-order chi connectivity index (χ1) is 13.6. The predicted molar refractivity (Wildman–Crippen MR) is 109 cm³/mol. The zero-order valence-corrected chi connectivity index (χ0v) is 16.9. The van der Waals surface area contributed by atoms with Crippen molar-refractivity contribution in [3.05, 3.63) is 64.3 Å². The third kappa shape index (κ3) is 3.49. The number of ether oxygens (including phenoxy) is 1. The second-order valence-electron chi connectivity index (χ2n) is 6.59. The van der Waals surface area contributed by atoms with E-state index in [-0.39, 0.29) is 11.8 Å². The highest BCUT2D eigenvalue weighted by Gasteiger charge is 2.27. The summed E-state index contributed by atoms with van der Waals surface area (Å²) < 4.78 is 11.8. The van der Waals surface area contributed by atoms with E-state index in [1.54, 1.807) is 47.2 Å². The molecule has 0 spiro atoms. The molecule has 0 bridgehead atoms. The maximum absolute atomic E-state index is 12.8. The number of halogens is 1. The van der Waals surface area contributed by atoms with Gasteiger partial charge < -0.3 is 19.0 Å².